The van der Waals surface area contributed by atoms with E-state index in [0.717, 1.165) is 5.56 Å². The van der Waals surface area contributed by atoms with Gasteiger partial charge in [0.2, 0.25) is 0 Å². The number of fused-ring (bicyclic) bond motifs is 1. The maximum Gasteiger partial charge on any atom is 0.0734 e. The van der Waals surface area contributed by atoms with Gasteiger partial charge in [-0.15, -0.1) is 11.3 Å². The van der Waals surface area contributed by atoms with E-state index in [4.69, 9.17) is 5.21 Å². The molecule has 13 heavy (non-hydrogen) atoms. The Labute approximate surface area is 80.1 Å². The molecule has 2 aromatic rings. The summed E-state index contributed by atoms with van der Waals surface area (Å²) in [7, 11) is 0. The fraction of sp³-hybridized carbons (Fsp3) is 0.100. The second kappa shape index (κ2) is 3.18. The molecule has 66 valence electrons. The molecule has 0 bridgehead atoms. The molecule has 0 aliphatic heterocycles. The summed E-state index contributed by atoms with van der Waals surface area (Å²) in [5.41, 5.74) is 2.23. The lowest BCUT2D eigenvalue weighted by Crippen LogP contribution is -1.79. The van der Waals surface area contributed by atoms with Gasteiger partial charge >= 0.3 is 0 Å². The Bertz CT molecular complexity index is 459. The SMILES string of the molecule is Cc1csc2cc(/C=N/O)ccc12. The zero-order valence-corrected chi connectivity index (χ0v) is 8.01. The van der Waals surface area contributed by atoms with E-state index in [1.807, 2.05) is 12.1 Å². The Morgan fingerprint density at radius 3 is 3.08 bits per heavy atom. The third-order valence-electron chi connectivity index (χ3n) is 2.00. The van der Waals surface area contributed by atoms with E-state index in [0.29, 0.717) is 0 Å². The minimum atomic E-state index is 0.928. The van der Waals surface area contributed by atoms with Crippen molar-refractivity contribution in [2.24, 2.45) is 5.16 Å². The number of hydrogen-bond donors (Lipinski definition) is 1. The molecule has 1 aromatic heterocycles. The molecule has 2 nitrogen and oxygen atoms in total. The number of rotatable bonds is 1. The fourth-order valence-corrected chi connectivity index (χ4v) is 2.32. The number of nitrogens with zero attached hydrogens (tertiary/aromatic N) is 1. The summed E-state index contributed by atoms with van der Waals surface area (Å²) in [5.74, 6) is 0. The summed E-state index contributed by atoms with van der Waals surface area (Å²) in [5, 5.41) is 14.8. The maximum atomic E-state index is 8.37. The van der Waals surface area contributed by atoms with Gasteiger partial charge in [0, 0.05) is 4.70 Å². The largest absolute Gasteiger partial charge is 0.411 e. The predicted molar refractivity (Wildman–Crippen MR) is 55.9 cm³/mol. The third kappa shape index (κ3) is 1.42. The monoisotopic (exact) mass is 191 g/mol. The summed E-state index contributed by atoms with van der Waals surface area (Å²) in [4.78, 5) is 0. The van der Waals surface area contributed by atoms with E-state index < -0.39 is 0 Å². The first-order valence-electron chi connectivity index (χ1n) is 3.96. The predicted octanol–water partition coefficient (Wildman–Crippen LogP) is 3.02. The Kier molecular flexibility index (Phi) is 2.02. The second-order valence-corrected chi connectivity index (χ2v) is 3.83. The van der Waals surface area contributed by atoms with Crippen LogP contribution in [0.4, 0.5) is 0 Å². The van der Waals surface area contributed by atoms with Crippen LogP contribution in [0.5, 0.6) is 0 Å². The van der Waals surface area contributed by atoms with Gasteiger partial charge in [-0.2, -0.15) is 0 Å². The first-order valence-corrected chi connectivity index (χ1v) is 4.84. The minimum Gasteiger partial charge on any atom is -0.411 e. The number of oxime groups is 1. The molecule has 0 saturated carbocycles. The molecule has 0 aliphatic rings. The maximum absolute atomic E-state index is 8.37. The molecule has 0 radical (unpaired) electrons. The Morgan fingerprint density at radius 2 is 2.31 bits per heavy atom. The van der Waals surface area contributed by atoms with Gasteiger partial charge in [-0.1, -0.05) is 17.3 Å². The molecule has 0 fully saturated rings. The number of aryl methyl sites for hydroxylation is 1. The van der Waals surface area contributed by atoms with Crippen LogP contribution in [-0.2, 0) is 0 Å². The van der Waals surface area contributed by atoms with E-state index in [9.17, 15) is 0 Å². The highest BCUT2D eigenvalue weighted by Crippen LogP contribution is 2.25. The summed E-state index contributed by atoms with van der Waals surface area (Å²) in [6, 6.07) is 6.02. The molecule has 0 unspecified atom stereocenters. The summed E-state index contributed by atoms with van der Waals surface area (Å²) in [6.07, 6.45) is 1.44. The molecular formula is C10H9NOS. The topological polar surface area (TPSA) is 32.6 Å². The first-order chi connectivity index (χ1) is 6.31. The molecule has 0 saturated heterocycles. The molecule has 2 rings (SSSR count). The average Bonchev–Trinajstić information content (AvgIpc) is 2.48. The lowest BCUT2D eigenvalue weighted by Gasteiger charge is -1.93. The van der Waals surface area contributed by atoms with E-state index in [1.54, 1.807) is 11.3 Å². The van der Waals surface area contributed by atoms with Gasteiger partial charge < -0.3 is 5.21 Å². The van der Waals surface area contributed by atoms with Crippen LogP contribution in [0.3, 0.4) is 0 Å². The zero-order chi connectivity index (χ0) is 9.26. The molecular weight excluding hydrogens is 182 g/mol. The highest BCUT2D eigenvalue weighted by Gasteiger charge is 1.99. The molecule has 3 heteroatoms. The molecule has 1 aromatic carbocycles. The smallest absolute Gasteiger partial charge is 0.0734 e. The van der Waals surface area contributed by atoms with Crippen molar-refractivity contribution < 1.29 is 5.21 Å². The molecule has 1 N–H and O–H groups in total. The van der Waals surface area contributed by atoms with Gasteiger partial charge in [0.25, 0.3) is 0 Å². The van der Waals surface area contributed by atoms with Crippen molar-refractivity contribution in [2.45, 2.75) is 6.92 Å². The summed E-state index contributed by atoms with van der Waals surface area (Å²) < 4.78 is 1.23. The second-order valence-electron chi connectivity index (χ2n) is 2.92. The van der Waals surface area contributed by atoms with Gasteiger partial charge in [0.1, 0.15) is 0 Å². The van der Waals surface area contributed by atoms with E-state index in [2.05, 4.69) is 23.5 Å². The van der Waals surface area contributed by atoms with Crippen molar-refractivity contribution in [3.63, 3.8) is 0 Å². The number of hydrogen-bond acceptors (Lipinski definition) is 3. The van der Waals surface area contributed by atoms with E-state index >= 15 is 0 Å². The highest BCUT2D eigenvalue weighted by atomic mass is 32.1. The highest BCUT2D eigenvalue weighted by molar-refractivity contribution is 7.17. The Morgan fingerprint density at radius 1 is 1.46 bits per heavy atom. The third-order valence-corrected chi connectivity index (χ3v) is 3.06. The van der Waals surface area contributed by atoms with Crippen molar-refractivity contribution >= 4 is 27.6 Å². The van der Waals surface area contributed by atoms with Crippen LogP contribution in [0.25, 0.3) is 10.1 Å². The van der Waals surface area contributed by atoms with Crippen molar-refractivity contribution in [2.75, 3.05) is 0 Å². The van der Waals surface area contributed by atoms with Crippen LogP contribution in [0.2, 0.25) is 0 Å². The quantitative estimate of drug-likeness (QED) is 0.419. The van der Waals surface area contributed by atoms with Gasteiger partial charge in [-0.3, -0.25) is 0 Å². The summed E-state index contributed by atoms with van der Waals surface area (Å²) in [6.45, 7) is 2.10. The minimum absolute atomic E-state index is 0.928. The molecule has 1 heterocycles. The normalized spacial score (nSPS) is 11.5. The fourth-order valence-electron chi connectivity index (χ4n) is 1.32. The Balaban J connectivity index is 2.63. The van der Waals surface area contributed by atoms with Crippen LogP contribution in [0.1, 0.15) is 11.1 Å². The van der Waals surface area contributed by atoms with Crippen LogP contribution in [0.15, 0.2) is 28.7 Å². The number of benzene rings is 1. The van der Waals surface area contributed by atoms with Crippen molar-refractivity contribution in [3.8, 4) is 0 Å². The standard InChI is InChI=1S/C10H9NOS/c1-7-6-13-10-4-8(5-11-12)2-3-9(7)10/h2-6,12H,1H3/b11-5+. The molecule has 0 atom stereocenters. The van der Waals surface area contributed by atoms with Gasteiger partial charge in [0.15, 0.2) is 0 Å². The van der Waals surface area contributed by atoms with Crippen LogP contribution in [0, 0.1) is 6.92 Å². The van der Waals surface area contributed by atoms with Gasteiger partial charge in [-0.05, 0) is 34.9 Å². The lowest BCUT2D eigenvalue weighted by atomic mass is 10.1. The first kappa shape index (κ1) is 8.26. The average molecular weight is 191 g/mol. The van der Waals surface area contributed by atoms with Crippen LogP contribution >= 0.6 is 11.3 Å². The van der Waals surface area contributed by atoms with Crippen LogP contribution < -0.4 is 0 Å². The van der Waals surface area contributed by atoms with E-state index in [1.165, 1.54) is 21.9 Å². The van der Waals surface area contributed by atoms with E-state index in [-0.39, 0.29) is 0 Å². The number of thiophene rings is 1. The van der Waals surface area contributed by atoms with Gasteiger partial charge in [0.05, 0.1) is 6.21 Å². The van der Waals surface area contributed by atoms with Crippen molar-refractivity contribution in [1.82, 2.24) is 0 Å². The lowest BCUT2D eigenvalue weighted by molar-refractivity contribution is 0.322. The molecule has 0 amide bonds. The van der Waals surface area contributed by atoms with Crippen molar-refractivity contribution in [1.29, 1.82) is 0 Å². The molecule has 0 spiro atoms. The van der Waals surface area contributed by atoms with Gasteiger partial charge in [-0.25, -0.2) is 0 Å². The summed E-state index contributed by atoms with van der Waals surface area (Å²) >= 11 is 1.71. The zero-order valence-electron chi connectivity index (χ0n) is 7.19. The van der Waals surface area contributed by atoms with Crippen LogP contribution in [-0.4, -0.2) is 11.4 Å². The molecule has 0 aliphatic carbocycles. The Hall–Kier alpha value is -1.35. The van der Waals surface area contributed by atoms with Crippen molar-refractivity contribution in [3.05, 3.63) is 34.7 Å².